The first kappa shape index (κ1) is 13.0. The van der Waals surface area contributed by atoms with Gasteiger partial charge in [0.05, 0.1) is 12.1 Å². The van der Waals surface area contributed by atoms with Crippen molar-refractivity contribution in [3.8, 4) is 0 Å². The van der Waals surface area contributed by atoms with Gasteiger partial charge in [0, 0.05) is 13.1 Å². The van der Waals surface area contributed by atoms with Gasteiger partial charge in [0.15, 0.2) is 0 Å². The van der Waals surface area contributed by atoms with Crippen LogP contribution < -0.4 is 10.6 Å². The number of aliphatic hydroxyl groups excluding tert-OH is 1. The molecule has 1 aliphatic heterocycles. The predicted molar refractivity (Wildman–Crippen MR) is 65.5 cm³/mol. The van der Waals surface area contributed by atoms with E-state index < -0.39 is 6.10 Å². The van der Waals surface area contributed by atoms with Gasteiger partial charge >= 0.3 is 0 Å². The van der Waals surface area contributed by atoms with Crippen LogP contribution in [0, 0.1) is 5.82 Å². The van der Waals surface area contributed by atoms with Crippen molar-refractivity contribution in [2.24, 2.45) is 0 Å². The molecule has 1 heterocycles. The molecule has 4 nitrogen and oxygen atoms in total. The lowest BCUT2D eigenvalue weighted by atomic mass is 10.1. The molecule has 0 radical (unpaired) electrons. The van der Waals surface area contributed by atoms with E-state index in [2.05, 4.69) is 10.6 Å². The molecule has 0 aromatic heterocycles. The quantitative estimate of drug-likeness (QED) is 0.718. The Hall–Kier alpha value is -1.46. The van der Waals surface area contributed by atoms with Gasteiger partial charge in [-0.25, -0.2) is 4.39 Å². The first-order valence-corrected chi connectivity index (χ1v) is 6.09. The molecule has 5 heteroatoms. The highest BCUT2D eigenvalue weighted by atomic mass is 19.1. The van der Waals surface area contributed by atoms with Crippen LogP contribution in [0.5, 0.6) is 0 Å². The SMILES string of the molecule is O=C(NCCc1ccccc1F)[C@@H]1C[C@H](O)CN1. The summed E-state index contributed by atoms with van der Waals surface area (Å²) < 4.78 is 13.3. The van der Waals surface area contributed by atoms with Crippen molar-refractivity contribution < 1.29 is 14.3 Å². The number of amides is 1. The van der Waals surface area contributed by atoms with Gasteiger partial charge in [-0.15, -0.1) is 0 Å². The fraction of sp³-hybridized carbons (Fsp3) is 0.462. The maximum atomic E-state index is 13.3. The van der Waals surface area contributed by atoms with Gasteiger partial charge in [0.2, 0.25) is 5.91 Å². The highest BCUT2D eigenvalue weighted by Crippen LogP contribution is 2.08. The number of hydrogen-bond acceptors (Lipinski definition) is 3. The summed E-state index contributed by atoms with van der Waals surface area (Å²) in [6.07, 6.45) is 0.450. The van der Waals surface area contributed by atoms with Crippen LogP contribution in [0.2, 0.25) is 0 Å². The molecule has 0 spiro atoms. The molecule has 2 atom stereocenters. The Bertz CT molecular complexity index is 425. The molecule has 0 unspecified atom stereocenters. The molecule has 3 N–H and O–H groups in total. The highest BCUT2D eigenvalue weighted by Gasteiger charge is 2.27. The molecular weight excluding hydrogens is 235 g/mol. The Morgan fingerprint density at radius 3 is 2.94 bits per heavy atom. The Balaban J connectivity index is 1.75. The van der Waals surface area contributed by atoms with Crippen LogP contribution in [-0.2, 0) is 11.2 Å². The van der Waals surface area contributed by atoms with Gasteiger partial charge < -0.3 is 15.7 Å². The lowest BCUT2D eigenvalue weighted by Gasteiger charge is -2.11. The molecule has 1 aromatic rings. The Labute approximate surface area is 105 Å². The smallest absolute Gasteiger partial charge is 0.237 e. The summed E-state index contributed by atoms with van der Waals surface area (Å²) in [5.74, 6) is -0.385. The minimum Gasteiger partial charge on any atom is -0.392 e. The summed E-state index contributed by atoms with van der Waals surface area (Å²) in [4.78, 5) is 11.7. The summed E-state index contributed by atoms with van der Waals surface area (Å²) in [7, 11) is 0. The Morgan fingerprint density at radius 1 is 1.50 bits per heavy atom. The molecule has 1 amide bonds. The summed E-state index contributed by atoms with van der Waals surface area (Å²) >= 11 is 0. The fourth-order valence-electron chi connectivity index (χ4n) is 2.06. The lowest BCUT2D eigenvalue weighted by molar-refractivity contribution is -0.122. The van der Waals surface area contributed by atoms with Crippen LogP contribution in [0.1, 0.15) is 12.0 Å². The number of aliphatic hydroxyl groups is 1. The van der Waals surface area contributed by atoms with Crippen molar-refractivity contribution in [3.05, 3.63) is 35.6 Å². The number of halogens is 1. The average molecular weight is 252 g/mol. The van der Waals surface area contributed by atoms with Crippen molar-refractivity contribution in [2.75, 3.05) is 13.1 Å². The number of hydrogen-bond donors (Lipinski definition) is 3. The molecular formula is C13H17FN2O2. The van der Waals surface area contributed by atoms with Gasteiger partial charge in [-0.05, 0) is 24.5 Å². The van der Waals surface area contributed by atoms with Crippen molar-refractivity contribution in [2.45, 2.75) is 25.0 Å². The third kappa shape index (κ3) is 3.27. The third-order valence-corrected chi connectivity index (χ3v) is 3.08. The minimum absolute atomic E-state index is 0.136. The van der Waals surface area contributed by atoms with Crippen molar-refractivity contribution in [3.63, 3.8) is 0 Å². The van der Waals surface area contributed by atoms with E-state index in [-0.39, 0.29) is 17.8 Å². The minimum atomic E-state index is -0.452. The molecule has 0 bridgehead atoms. The Kier molecular flexibility index (Phi) is 4.28. The normalized spacial score (nSPS) is 23.0. The number of rotatable bonds is 4. The number of β-amino-alcohol motifs (C(OH)–C–C–N with tert-alkyl or cyclic N) is 1. The lowest BCUT2D eigenvalue weighted by Crippen LogP contribution is -2.41. The van der Waals surface area contributed by atoms with E-state index in [0.29, 0.717) is 31.5 Å². The number of carbonyl (C=O) groups excluding carboxylic acids is 1. The van der Waals surface area contributed by atoms with Crippen LogP contribution >= 0.6 is 0 Å². The monoisotopic (exact) mass is 252 g/mol. The van der Waals surface area contributed by atoms with Gasteiger partial charge in [0.25, 0.3) is 0 Å². The van der Waals surface area contributed by atoms with Gasteiger partial charge in [-0.3, -0.25) is 4.79 Å². The van der Waals surface area contributed by atoms with Gasteiger partial charge in [-0.2, -0.15) is 0 Å². The number of carbonyl (C=O) groups is 1. The van der Waals surface area contributed by atoms with E-state index in [0.717, 1.165) is 0 Å². The zero-order chi connectivity index (χ0) is 13.0. The summed E-state index contributed by atoms with van der Waals surface area (Å²) in [5.41, 5.74) is 0.595. The van der Waals surface area contributed by atoms with E-state index in [1.165, 1.54) is 6.07 Å². The van der Waals surface area contributed by atoms with Gasteiger partial charge in [-0.1, -0.05) is 18.2 Å². The second-order valence-electron chi connectivity index (χ2n) is 4.48. The molecule has 0 saturated carbocycles. The molecule has 2 rings (SSSR count). The maximum Gasteiger partial charge on any atom is 0.237 e. The molecule has 1 aromatic carbocycles. The van der Waals surface area contributed by atoms with Crippen LogP contribution in [0.3, 0.4) is 0 Å². The molecule has 0 aliphatic carbocycles. The number of benzene rings is 1. The summed E-state index contributed by atoms with van der Waals surface area (Å²) in [6.45, 7) is 0.847. The van der Waals surface area contributed by atoms with Crippen molar-refractivity contribution in [1.82, 2.24) is 10.6 Å². The average Bonchev–Trinajstić information content (AvgIpc) is 2.78. The molecule has 1 saturated heterocycles. The standard InChI is InChI=1S/C13H17FN2O2/c14-11-4-2-1-3-9(11)5-6-15-13(18)12-7-10(17)8-16-12/h1-4,10,12,16-17H,5-8H2,(H,15,18)/t10-,12-/m0/s1. The van der Waals surface area contributed by atoms with Crippen LogP contribution in [-0.4, -0.2) is 36.2 Å². The first-order valence-electron chi connectivity index (χ1n) is 6.09. The van der Waals surface area contributed by atoms with Crippen LogP contribution in [0.25, 0.3) is 0 Å². The van der Waals surface area contributed by atoms with Crippen molar-refractivity contribution in [1.29, 1.82) is 0 Å². The summed E-state index contributed by atoms with van der Waals surface area (Å²) in [6, 6.07) is 6.20. The molecule has 18 heavy (non-hydrogen) atoms. The Morgan fingerprint density at radius 2 is 2.28 bits per heavy atom. The largest absolute Gasteiger partial charge is 0.392 e. The topological polar surface area (TPSA) is 61.4 Å². The molecule has 1 fully saturated rings. The molecule has 98 valence electrons. The van der Waals surface area contributed by atoms with Crippen LogP contribution in [0.15, 0.2) is 24.3 Å². The maximum absolute atomic E-state index is 13.3. The fourth-order valence-corrected chi connectivity index (χ4v) is 2.06. The zero-order valence-electron chi connectivity index (χ0n) is 10.0. The van der Waals surface area contributed by atoms with E-state index in [4.69, 9.17) is 0 Å². The zero-order valence-corrected chi connectivity index (χ0v) is 10.0. The predicted octanol–water partition coefficient (Wildman–Crippen LogP) is 0.207. The van der Waals surface area contributed by atoms with E-state index in [1.807, 2.05) is 0 Å². The van der Waals surface area contributed by atoms with Crippen molar-refractivity contribution >= 4 is 5.91 Å². The second kappa shape index (κ2) is 5.93. The number of nitrogens with one attached hydrogen (secondary N) is 2. The van der Waals surface area contributed by atoms with E-state index >= 15 is 0 Å². The second-order valence-corrected chi connectivity index (χ2v) is 4.48. The third-order valence-electron chi connectivity index (χ3n) is 3.08. The highest BCUT2D eigenvalue weighted by molar-refractivity contribution is 5.82. The van der Waals surface area contributed by atoms with E-state index in [1.54, 1.807) is 18.2 Å². The van der Waals surface area contributed by atoms with Crippen LogP contribution in [0.4, 0.5) is 4.39 Å². The summed E-state index contributed by atoms with van der Waals surface area (Å²) in [5, 5.41) is 15.0. The first-order chi connectivity index (χ1) is 8.66. The molecule has 1 aliphatic rings. The van der Waals surface area contributed by atoms with Gasteiger partial charge in [0.1, 0.15) is 5.82 Å². The van der Waals surface area contributed by atoms with E-state index in [9.17, 15) is 14.3 Å².